The maximum Gasteiger partial charge on any atom is 0.256 e. The van der Waals surface area contributed by atoms with Crippen LogP contribution in [-0.2, 0) is 4.79 Å². The Hall–Kier alpha value is -1.94. The SMILES string of the molecule is O=C1Nc2ccc(Br)cc2/C1=C/c1cccnc1. The van der Waals surface area contributed by atoms with Crippen LogP contribution in [0.1, 0.15) is 11.1 Å². The molecule has 0 atom stereocenters. The van der Waals surface area contributed by atoms with Crippen LogP contribution in [0.3, 0.4) is 0 Å². The Morgan fingerprint density at radius 3 is 2.94 bits per heavy atom. The zero-order valence-corrected chi connectivity index (χ0v) is 10.9. The zero-order chi connectivity index (χ0) is 12.5. The van der Waals surface area contributed by atoms with E-state index >= 15 is 0 Å². The van der Waals surface area contributed by atoms with E-state index in [1.54, 1.807) is 12.4 Å². The number of hydrogen-bond acceptors (Lipinski definition) is 2. The number of aromatic nitrogens is 1. The van der Waals surface area contributed by atoms with Gasteiger partial charge >= 0.3 is 0 Å². The highest BCUT2D eigenvalue weighted by Crippen LogP contribution is 2.34. The van der Waals surface area contributed by atoms with Gasteiger partial charge in [-0.05, 0) is 35.9 Å². The van der Waals surface area contributed by atoms with Crippen LogP contribution in [-0.4, -0.2) is 10.9 Å². The van der Waals surface area contributed by atoms with Crippen LogP contribution in [0.5, 0.6) is 0 Å². The standard InChI is InChI=1S/C14H9BrN2O/c15-10-3-4-13-11(7-10)12(14(18)17-13)6-9-2-1-5-16-8-9/h1-8H,(H,17,18)/b12-6-. The van der Waals surface area contributed by atoms with Crippen LogP contribution in [0.25, 0.3) is 11.6 Å². The Labute approximate surface area is 113 Å². The Morgan fingerprint density at radius 1 is 1.28 bits per heavy atom. The number of hydrogen-bond donors (Lipinski definition) is 1. The highest BCUT2D eigenvalue weighted by Gasteiger charge is 2.23. The van der Waals surface area contributed by atoms with Crippen molar-refractivity contribution >= 4 is 39.2 Å². The first-order valence-electron chi connectivity index (χ1n) is 5.47. The molecule has 0 spiro atoms. The molecule has 1 aromatic heterocycles. The number of nitrogens with zero attached hydrogens (tertiary/aromatic N) is 1. The Morgan fingerprint density at radius 2 is 2.17 bits per heavy atom. The van der Waals surface area contributed by atoms with E-state index in [9.17, 15) is 4.79 Å². The summed E-state index contributed by atoms with van der Waals surface area (Å²) in [5.41, 5.74) is 3.34. The summed E-state index contributed by atoms with van der Waals surface area (Å²) in [4.78, 5) is 16.0. The summed E-state index contributed by atoms with van der Waals surface area (Å²) in [6.45, 7) is 0. The summed E-state index contributed by atoms with van der Waals surface area (Å²) in [6.07, 6.45) is 5.29. The molecule has 4 heteroatoms. The molecular formula is C14H9BrN2O. The number of carbonyl (C=O) groups excluding carboxylic acids is 1. The maximum absolute atomic E-state index is 11.9. The highest BCUT2D eigenvalue weighted by molar-refractivity contribution is 9.10. The highest BCUT2D eigenvalue weighted by atomic mass is 79.9. The molecule has 18 heavy (non-hydrogen) atoms. The molecule has 1 amide bonds. The van der Waals surface area contributed by atoms with E-state index in [0.717, 1.165) is 21.3 Å². The quantitative estimate of drug-likeness (QED) is 0.821. The number of halogens is 1. The summed E-state index contributed by atoms with van der Waals surface area (Å²) in [7, 11) is 0. The van der Waals surface area contributed by atoms with Gasteiger partial charge in [-0.1, -0.05) is 22.0 Å². The van der Waals surface area contributed by atoms with Gasteiger partial charge in [-0.25, -0.2) is 0 Å². The molecule has 1 N–H and O–H groups in total. The fourth-order valence-electron chi connectivity index (χ4n) is 1.93. The second kappa shape index (κ2) is 4.38. The molecule has 2 aromatic rings. The van der Waals surface area contributed by atoms with E-state index in [4.69, 9.17) is 0 Å². The maximum atomic E-state index is 11.9. The van der Waals surface area contributed by atoms with Crippen LogP contribution >= 0.6 is 15.9 Å². The Balaban J connectivity index is 2.12. The fraction of sp³-hybridized carbons (Fsp3) is 0. The van der Waals surface area contributed by atoms with Crippen molar-refractivity contribution in [2.75, 3.05) is 5.32 Å². The van der Waals surface area contributed by atoms with E-state index in [2.05, 4.69) is 26.2 Å². The van der Waals surface area contributed by atoms with Crippen molar-refractivity contribution in [1.82, 2.24) is 4.98 Å². The van der Waals surface area contributed by atoms with Crippen LogP contribution in [0, 0.1) is 0 Å². The van der Waals surface area contributed by atoms with E-state index in [0.29, 0.717) is 5.57 Å². The van der Waals surface area contributed by atoms with Gasteiger partial charge in [0.2, 0.25) is 0 Å². The molecule has 0 saturated carbocycles. The minimum absolute atomic E-state index is 0.0769. The second-order valence-electron chi connectivity index (χ2n) is 3.99. The van der Waals surface area contributed by atoms with Crippen LogP contribution in [0.2, 0.25) is 0 Å². The van der Waals surface area contributed by atoms with Gasteiger partial charge in [-0.2, -0.15) is 0 Å². The van der Waals surface area contributed by atoms with Crippen molar-refractivity contribution in [3.05, 3.63) is 58.3 Å². The number of fused-ring (bicyclic) bond motifs is 1. The predicted octanol–water partition coefficient (Wildman–Crippen LogP) is 3.34. The number of nitrogens with one attached hydrogen (secondary N) is 1. The van der Waals surface area contributed by atoms with E-state index in [1.165, 1.54) is 0 Å². The van der Waals surface area contributed by atoms with Gasteiger partial charge in [0.1, 0.15) is 0 Å². The molecule has 0 radical (unpaired) electrons. The Kier molecular flexibility index (Phi) is 2.72. The third kappa shape index (κ3) is 1.95. The average molecular weight is 301 g/mol. The largest absolute Gasteiger partial charge is 0.321 e. The van der Waals surface area contributed by atoms with Gasteiger partial charge in [0.15, 0.2) is 0 Å². The van der Waals surface area contributed by atoms with Gasteiger partial charge < -0.3 is 5.32 Å². The molecule has 1 aromatic carbocycles. The van der Waals surface area contributed by atoms with Crippen LogP contribution in [0.4, 0.5) is 5.69 Å². The summed E-state index contributed by atoms with van der Waals surface area (Å²) in [5.74, 6) is -0.0769. The van der Waals surface area contributed by atoms with Gasteiger partial charge in [-0.3, -0.25) is 9.78 Å². The molecule has 3 nitrogen and oxygen atoms in total. The van der Waals surface area contributed by atoms with Gasteiger partial charge in [0, 0.05) is 33.7 Å². The molecule has 0 saturated heterocycles. The van der Waals surface area contributed by atoms with E-state index in [-0.39, 0.29) is 5.91 Å². The van der Waals surface area contributed by atoms with Gasteiger partial charge in [-0.15, -0.1) is 0 Å². The summed E-state index contributed by atoms with van der Waals surface area (Å²) >= 11 is 3.42. The lowest BCUT2D eigenvalue weighted by atomic mass is 10.1. The molecule has 0 bridgehead atoms. The predicted molar refractivity (Wildman–Crippen MR) is 74.9 cm³/mol. The molecule has 3 rings (SSSR count). The average Bonchev–Trinajstić information content (AvgIpc) is 2.67. The lowest BCUT2D eigenvalue weighted by Gasteiger charge is -1.99. The van der Waals surface area contributed by atoms with Crippen LogP contribution < -0.4 is 5.32 Å². The summed E-state index contributed by atoms with van der Waals surface area (Å²) in [6, 6.07) is 9.51. The van der Waals surface area contributed by atoms with Gasteiger partial charge in [0.05, 0.1) is 0 Å². The minimum Gasteiger partial charge on any atom is -0.321 e. The van der Waals surface area contributed by atoms with Crippen molar-refractivity contribution < 1.29 is 4.79 Å². The lowest BCUT2D eigenvalue weighted by molar-refractivity contribution is -0.110. The molecule has 0 aliphatic carbocycles. The summed E-state index contributed by atoms with van der Waals surface area (Å²) < 4.78 is 0.954. The number of rotatable bonds is 1. The first-order chi connectivity index (χ1) is 8.74. The smallest absolute Gasteiger partial charge is 0.256 e. The topological polar surface area (TPSA) is 42.0 Å². The van der Waals surface area contributed by atoms with E-state index < -0.39 is 0 Å². The lowest BCUT2D eigenvalue weighted by Crippen LogP contribution is -2.03. The molecule has 0 fully saturated rings. The second-order valence-corrected chi connectivity index (χ2v) is 4.90. The van der Waals surface area contributed by atoms with Gasteiger partial charge in [0.25, 0.3) is 5.91 Å². The number of amides is 1. The number of carbonyl (C=O) groups is 1. The molecule has 1 aliphatic rings. The third-order valence-corrected chi connectivity index (χ3v) is 3.25. The fourth-order valence-corrected chi connectivity index (χ4v) is 2.29. The third-order valence-electron chi connectivity index (χ3n) is 2.76. The first-order valence-corrected chi connectivity index (χ1v) is 6.26. The monoisotopic (exact) mass is 300 g/mol. The number of anilines is 1. The molecule has 2 heterocycles. The molecule has 1 aliphatic heterocycles. The summed E-state index contributed by atoms with van der Waals surface area (Å²) in [5, 5.41) is 2.85. The van der Waals surface area contributed by atoms with E-state index in [1.807, 2.05) is 36.4 Å². The molecular weight excluding hydrogens is 292 g/mol. The first kappa shape index (κ1) is 11.2. The van der Waals surface area contributed by atoms with Crippen LogP contribution in [0.15, 0.2) is 47.2 Å². The van der Waals surface area contributed by atoms with Crippen molar-refractivity contribution in [1.29, 1.82) is 0 Å². The Bertz CT molecular complexity index is 650. The minimum atomic E-state index is -0.0769. The molecule has 0 unspecified atom stereocenters. The zero-order valence-electron chi connectivity index (χ0n) is 9.35. The van der Waals surface area contributed by atoms with Crippen molar-refractivity contribution in [2.24, 2.45) is 0 Å². The number of pyridine rings is 1. The molecule has 88 valence electrons. The van der Waals surface area contributed by atoms with Crippen molar-refractivity contribution in [3.63, 3.8) is 0 Å². The number of benzene rings is 1. The van der Waals surface area contributed by atoms with Crippen molar-refractivity contribution in [3.8, 4) is 0 Å². The van der Waals surface area contributed by atoms with Crippen molar-refractivity contribution in [2.45, 2.75) is 0 Å². The normalized spacial score (nSPS) is 15.6.